The van der Waals surface area contributed by atoms with Gasteiger partial charge in [-0.2, -0.15) is 0 Å². The summed E-state index contributed by atoms with van der Waals surface area (Å²) in [6.45, 7) is 1.99. The van der Waals surface area contributed by atoms with E-state index < -0.39 is 0 Å². The van der Waals surface area contributed by atoms with E-state index in [1.807, 2.05) is 25.1 Å². The molecule has 2 N–H and O–H groups in total. The molecule has 90 valence electrons. The van der Waals surface area contributed by atoms with E-state index in [1.165, 1.54) is 6.33 Å². The standard InChI is InChI=1S/C12H10ClN5/c1-7-4-8(13)2-3-9(7)18-12-10-11(15-5-14-10)16-6-17-12/h2-6H,1H3,(H2,14,15,16,17,18). The Morgan fingerprint density at radius 2 is 2.11 bits per heavy atom. The number of hydrogen-bond donors (Lipinski definition) is 2. The number of H-pyrrole nitrogens is 1. The van der Waals surface area contributed by atoms with Crippen molar-refractivity contribution in [2.24, 2.45) is 0 Å². The van der Waals surface area contributed by atoms with Gasteiger partial charge in [0.2, 0.25) is 0 Å². The molecule has 0 unspecified atom stereocenters. The van der Waals surface area contributed by atoms with E-state index >= 15 is 0 Å². The first-order chi connectivity index (χ1) is 8.74. The molecule has 5 nitrogen and oxygen atoms in total. The Kier molecular flexibility index (Phi) is 2.60. The molecule has 6 heteroatoms. The molecule has 0 atom stereocenters. The molecule has 0 aliphatic rings. The first-order valence-corrected chi connectivity index (χ1v) is 5.79. The molecular weight excluding hydrogens is 250 g/mol. The van der Waals surface area contributed by atoms with Crippen molar-refractivity contribution < 1.29 is 0 Å². The quantitative estimate of drug-likeness (QED) is 0.742. The average molecular weight is 260 g/mol. The van der Waals surface area contributed by atoms with Gasteiger partial charge in [-0.1, -0.05) is 11.6 Å². The van der Waals surface area contributed by atoms with Crippen LogP contribution in [-0.4, -0.2) is 19.9 Å². The van der Waals surface area contributed by atoms with Crippen LogP contribution in [0, 0.1) is 6.92 Å². The highest BCUT2D eigenvalue weighted by Crippen LogP contribution is 2.24. The van der Waals surface area contributed by atoms with Crippen molar-refractivity contribution in [3.05, 3.63) is 41.4 Å². The van der Waals surface area contributed by atoms with Gasteiger partial charge in [0.05, 0.1) is 6.33 Å². The number of nitrogens with one attached hydrogen (secondary N) is 2. The lowest BCUT2D eigenvalue weighted by atomic mass is 10.2. The molecule has 3 aromatic rings. The summed E-state index contributed by atoms with van der Waals surface area (Å²) in [5, 5.41) is 3.96. The molecule has 0 aliphatic heterocycles. The van der Waals surface area contributed by atoms with E-state index in [0.717, 1.165) is 16.8 Å². The van der Waals surface area contributed by atoms with Gasteiger partial charge in [-0.25, -0.2) is 15.0 Å². The van der Waals surface area contributed by atoms with Gasteiger partial charge in [0.15, 0.2) is 11.5 Å². The van der Waals surface area contributed by atoms with Crippen LogP contribution in [0.1, 0.15) is 5.56 Å². The molecular formula is C12H10ClN5. The third-order valence-electron chi connectivity index (χ3n) is 2.66. The fraction of sp³-hybridized carbons (Fsp3) is 0.0833. The Bertz CT molecular complexity index is 707. The molecule has 0 aliphatic carbocycles. The minimum atomic E-state index is 0.638. The Hall–Kier alpha value is -2.14. The predicted octanol–water partition coefficient (Wildman–Crippen LogP) is 3.06. The molecule has 0 saturated heterocycles. The monoisotopic (exact) mass is 259 g/mol. The Balaban J connectivity index is 2.03. The minimum Gasteiger partial charge on any atom is -0.340 e. The number of fused-ring (bicyclic) bond motifs is 1. The molecule has 0 saturated carbocycles. The number of halogens is 1. The van der Waals surface area contributed by atoms with E-state index in [-0.39, 0.29) is 0 Å². The maximum atomic E-state index is 5.93. The molecule has 0 bridgehead atoms. The van der Waals surface area contributed by atoms with Crippen LogP contribution in [0.4, 0.5) is 11.5 Å². The molecule has 1 aromatic carbocycles. The smallest absolute Gasteiger partial charge is 0.182 e. The normalized spacial score (nSPS) is 10.8. The van der Waals surface area contributed by atoms with E-state index in [9.17, 15) is 0 Å². The summed E-state index contributed by atoms with van der Waals surface area (Å²) in [5.41, 5.74) is 3.42. The van der Waals surface area contributed by atoms with Gasteiger partial charge in [0.1, 0.15) is 11.8 Å². The molecule has 2 aromatic heterocycles. The van der Waals surface area contributed by atoms with Crippen LogP contribution in [0.15, 0.2) is 30.9 Å². The Labute approximate surface area is 108 Å². The number of anilines is 2. The number of benzene rings is 1. The molecule has 0 radical (unpaired) electrons. The zero-order valence-corrected chi connectivity index (χ0v) is 10.4. The predicted molar refractivity (Wildman–Crippen MR) is 71.2 cm³/mol. The highest BCUT2D eigenvalue weighted by Gasteiger charge is 2.07. The fourth-order valence-electron chi connectivity index (χ4n) is 1.75. The summed E-state index contributed by atoms with van der Waals surface area (Å²) in [6.07, 6.45) is 3.08. The molecule has 18 heavy (non-hydrogen) atoms. The van der Waals surface area contributed by atoms with E-state index in [0.29, 0.717) is 16.5 Å². The van der Waals surface area contributed by atoms with Crippen molar-refractivity contribution >= 4 is 34.3 Å². The molecule has 0 spiro atoms. The van der Waals surface area contributed by atoms with Crippen molar-refractivity contribution in [1.82, 2.24) is 19.9 Å². The number of aryl methyl sites for hydroxylation is 1. The Morgan fingerprint density at radius 1 is 1.22 bits per heavy atom. The molecule has 3 rings (SSSR count). The van der Waals surface area contributed by atoms with E-state index in [2.05, 4.69) is 25.3 Å². The number of nitrogens with zero attached hydrogens (tertiary/aromatic N) is 3. The second-order valence-electron chi connectivity index (χ2n) is 3.91. The van der Waals surface area contributed by atoms with Gasteiger partial charge < -0.3 is 10.3 Å². The zero-order valence-electron chi connectivity index (χ0n) is 9.61. The van der Waals surface area contributed by atoms with Gasteiger partial charge >= 0.3 is 0 Å². The van der Waals surface area contributed by atoms with Crippen molar-refractivity contribution in [3.8, 4) is 0 Å². The Morgan fingerprint density at radius 3 is 2.94 bits per heavy atom. The van der Waals surface area contributed by atoms with Crippen LogP contribution in [0.5, 0.6) is 0 Å². The summed E-state index contributed by atoms with van der Waals surface area (Å²) >= 11 is 5.93. The second-order valence-corrected chi connectivity index (χ2v) is 4.34. The topological polar surface area (TPSA) is 66.5 Å². The van der Waals surface area contributed by atoms with Crippen LogP contribution in [0.25, 0.3) is 11.2 Å². The fourth-order valence-corrected chi connectivity index (χ4v) is 1.98. The van der Waals surface area contributed by atoms with Gasteiger partial charge in [-0.05, 0) is 30.7 Å². The second kappa shape index (κ2) is 4.27. The average Bonchev–Trinajstić information content (AvgIpc) is 2.82. The largest absolute Gasteiger partial charge is 0.340 e. The SMILES string of the molecule is Cc1cc(Cl)ccc1Nc1ncnc2nc[nH]c12. The van der Waals surface area contributed by atoms with E-state index in [1.54, 1.807) is 6.33 Å². The van der Waals surface area contributed by atoms with Crippen LogP contribution in [0.2, 0.25) is 5.02 Å². The summed E-state index contributed by atoms with van der Waals surface area (Å²) < 4.78 is 0. The van der Waals surface area contributed by atoms with Crippen molar-refractivity contribution in [3.63, 3.8) is 0 Å². The maximum absolute atomic E-state index is 5.93. The third-order valence-corrected chi connectivity index (χ3v) is 2.90. The lowest BCUT2D eigenvalue weighted by molar-refractivity contribution is 1.19. The zero-order chi connectivity index (χ0) is 12.5. The highest BCUT2D eigenvalue weighted by molar-refractivity contribution is 6.30. The molecule has 0 amide bonds. The van der Waals surface area contributed by atoms with E-state index in [4.69, 9.17) is 11.6 Å². The number of aromatic amines is 1. The lowest BCUT2D eigenvalue weighted by Crippen LogP contribution is -1.97. The van der Waals surface area contributed by atoms with Gasteiger partial charge in [-0.15, -0.1) is 0 Å². The maximum Gasteiger partial charge on any atom is 0.182 e. The first-order valence-electron chi connectivity index (χ1n) is 5.41. The summed E-state index contributed by atoms with van der Waals surface area (Å²) in [7, 11) is 0. The lowest BCUT2D eigenvalue weighted by Gasteiger charge is -2.09. The first kappa shape index (κ1) is 11.0. The summed E-state index contributed by atoms with van der Waals surface area (Å²) in [5.74, 6) is 0.697. The number of imidazole rings is 1. The highest BCUT2D eigenvalue weighted by atomic mass is 35.5. The third kappa shape index (κ3) is 1.89. The number of aromatic nitrogens is 4. The van der Waals surface area contributed by atoms with Crippen LogP contribution >= 0.6 is 11.6 Å². The molecule has 0 fully saturated rings. The van der Waals surface area contributed by atoms with Crippen LogP contribution in [0.3, 0.4) is 0 Å². The summed E-state index contributed by atoms with van der Waals surface area (Å²) in [6, 6.07) is 5.65. The summed E-state index contributed by atoms with van der Waals surface area (Å²) in [4.78, 5) is 15.4. The van der Waals surface area contributed by atoms with Crippen LogP contribution in [-0.2, 0) is 0 Å². The number of rotatable bonds is 2. The van der Waals surface area contributed by atoms with Gasteiger partial charge in [-0.3, -0.25) is 0 Å². The minimum absolute atomic E-state index is 0.638. The van der Waals surface area contributed by atoms with Crippen molar-refractivity contribution in [2.45, 2.75) is 6.92 Å². The van der Waals surface area contributed by atoms with Gasteiger partial charge in [0, 0.05) is 10.7 Å². The van der Waals surface area contributed by atoms with Gasteiger partial charge in [0.25, 0.3) is 0 Å². The molecule has 2 heterocycles. The van der Waals surface area contributed by atoms with Crippen molar-refractivity contribution in [2.75, 3.05) is 5.32 Å². The van der Waals surface area contributed by atoms with Crippen molar-refractivity contribution in [1.29, 1.82) is 0 Å². The number of hydrogen-bond acceptors (Lipinski definition) is 4. The van der Waals surface area contributed by atoms with Crippen LogP contribution < -0.4 is 5.32 Å².